The molecule has 0 spiro atoms. The largest absolute Gasteiger partial charge is 0.336 e. The Labute approximate surface area is 196 Å². The van der Waals surface area contributed by atoms with Crippen molar-refractivity contribution in [1.29, 1.82) is 0 Å². The van der Waals surface area contributed by atoms with E-state index < -0.39 is 0 Å². The van der Waals surface area contributed by atoms with Gasteiger partial charge in [0.25, 0.3) is 11.8 Å². The molecule has 5 rings (SSSR count). The van der Waals surface area contributed by atoms with Gasteiger partial charge >= 0.3 is 0 Å². The molecule has 0 radical (unpaired) electrons. The molecule has 4 aromatic rings. The average molecular weight is 457 g/mol. The summed E-state index contributed by atoms with van der Waals surface area (Å²) in [6.07, 6.45) is 0. The quantitative estimate of drug-likeness (QED) is 0.480. The molecule has 2 amide bonds. The molecule has 1 N–H and O–H groups in total. The first-order valence-corrected chi connectivity index (χ1v) is 11.8. The SMILES string of the molecule is O=C(Nc1nc2ccccc2s1)c1ccc(CN2CCN(C(=O)c3ccccc3)CC2)cc1. The lowest BCUT2D eigenvalue weighted by Crippen LogP contribution is -2.48. The third-order valence-electron chi connectivity index (χ3n) is 5.82. The number of piperazine rings is 1. The van der Waals surface area contributed by atoms with Gasteiger partial charge in [0, 0.05) is 43.9 Å². The van der Waals surface area contributed by atoms with E-state index in [1.807, 2.05) is 83.8 Å². The van der Waals surface area contributed by atoms with Gasteiger partial charge in [0.05, 0.1) is 10.2 Å². The molecule has 0 aliphatic carbocycles. The molecule has 1 saturated heterocycles. The summed E-state index contributed by atoms with van der Waals surface area (Å²) in [5, 5.41) is 3.50. The molecule has 166 valence electrons. The fraction of sp³-hybridized carbons (Fsp3) is 0.192. The number of rotatable bonds is 5. The molecule has 33 heavy (non-hydrogen) atoms. The van der Waals surface area contributed by atoms with Gasteiger partial charge in [-0.15, -0.1) is 0 Å². The highest BCUT2D eigenvalue weighted by Crippen LogP contribution is 2.25. The molecular weight excluding hydrogens is 432 g/mol. The molecule has 0 atom stereocenters. The molecule has 1 fully saturated rings. The minimum Gasteiger partial charge on any atom is -0.336 e. The molecule has 1 aromatic heterocycles. The van der Waals surface area contributed by atoms with Crippen molar-refractivity contribution in [3.05, 3.63) is 95.6 Å². The van der Waals surface area contributed by atoms with Gasteiger partial charge in [-0.1, -0.05) is 53.8 Å². The van der Waals surface area contributed by atoms with Gasteiger partial charge in [-0.25, -0.2) is 4.98 Å². The second-order valence-corrected chi connectivity index (χ2v) is 9.10. The second-order valence-electron chi connectivity index (χ2n) is 8.07. The van der Waals surface area contributed by atoms with E-state index in [2.05, 4.69) is 15.2 Å². The van der Waals surface area contributed by atoms with Crippen LogP contribution in [0.4, 0.5) is 5.13 Å². The maximum atomic E-state index is 12.6. The zero-order valence-corrected chi connectivity index (χ0v) is 18.9. The van der Waals surface area contributed by atoms with Gasteiger partial charge < -0.3 is 4.90 Å². The molecule has 0 unspecified atom stereocenters. The van der Waals surface area contributed by atoms with Crippen molar-refractivity contribution in [2.45, 2.75) is 6.54 Å². The van der Waals surface area contributed by atoms with Crippen LogP contribution in [0.2, 0.25) is 0 Å². The topological polar surface area (TPSA) is 65.5 Å². The third kappa shape index (κ3) is 4.94. The predicted octanol–water partition coefficient (Wildman–Crippen LogP) is 4.51. The predicted molar refractivity (Wildman–Crippen MR) is 132 cm³/mol. The number of fused-ring (bicyclic) bond motifs is 1. The van der Waals surface area contributed by atoms with E-state index in [4.69, 9.17) is 0 Å². The fourth-order valence-electron chi connectivity index (χ4n) is 3.99. The summed E-state index contributed by atoms with van der Waals surface area (Å²) >= 11 is 1.47. The van der Waals surface area contributed by atoms with E-state index in [1.54, 1.807) is 0 Å². The van der Waals surface area contributed by atoms with Crippen LogP contribution in [-0.4, -0.2) is 52.8 Å². The van der Waals surface area contributed by atoms with E-state index in [0.29, 0.717) is 10.7 Å². The smallest absolute Gasteiger partial charge is 0.257 e. The Balaban J connectivity index is 1.14. The second kappa shape index (κ2) is 9.52. The molecule has 2 heterocycles. The Morgan fingerprint density at radius 1 is 0.818 bits per heavy atom. The number of nitrogens with one attached hydrogen (secondary N) is 1. The van der Waals surface area contributed by atoms with Crippen molar-refractivity contribution in [3.8, 4) is 0 Å². The van der Waals surface area contributed by atoms with Crippen LogP contribution in [0.1, 0.15) is 26.3 Å². The molecule has 0 saturated carbocycles. The molecule has 0 bridgehead atoms. The van der Waals surface area contributed by atoms with Gasteiger partial charge in [0.1, 0.15) is 0 Å². The number of aromatic nitrogens is 1. The maximum absolute atomic E-state index is 12.6. The lowest BCUT2D eigenvalue weighted by Gasteiger charge is -2.34. The van der Waals surface area contributed by atoms with E-state index in [9.17, 15) is 9.59 Å². The van der Waals surface area contributed by atoms with Gasteiger partial charge in [-0.2, -0.15) is 0 Å². The Kier molecular flexibility index (Phi) is 6.15. The minimum atomic E-state index is -0.159. The summed E-state index contributed by atoms with van der Waals surface area (Å²) in [5.74, 6) is -0.0626. The number of hydrogen-bond donors (Lipinski definition) is 1. The molecule has 7 heteroatoms. The van der Waals surface area contributed by atoms with Crippen LogP contribution in [0.25, 0.3) is 10.2 Å². The van der Waals surface area contributed by atoms with E-state index in [0.717, 1.165) is 54.1 Å². The zero-order valence-electron chi connectivity index (χ0n) is 18.1. The highest BCUT2D eigenvalue weighted by molar-refractivity contribution is 7.22. The van der Waals surface area contributed by atoms with E-state index in [1.165, 1.54) is 11.3 Å². The van der Waals surface area contributed by atoms with Gasteiger partial charge in [-0.3, -0.25) is 19.8 Å². The van der Waals surface area contributed by atoms with Crippen molar-refractivity contribution in [2.75, 3.05) is 31.5 Å². The third-order valence-corrected chi connectivity index (χ3v) is 6.77. The summed E-state index contributed by atoms with van der Waals surface area (Å²) in [4.78, 5) is 33.9. The standard InChI is InChI=1S/C26H24N4O2S/c31-24(28-26-27-22-8-4-5-9-23(22)33-26)20-12-10-19(11-13-20)18-29-14-16-30(17-15-29)25(32)21-6-2-1-3-7-21/h1-13H,14-18H2,(H,27,28,31). The number of hydrogen-bond acceptors (Lipinski definition) is 5. The lowest BCUT2D eigenvalue weighted by atomic mass is 10.1. The first kappa shape index (κ1) is 21.3. The van der Waals surface area contributed by atoms with E-state index in [-0.39, 0.29) is 11.8 Å². The van der Waals surface area contributed by atoms with Crippen LogP contribution in [0.3, 0.4) is 0 Å². The Bertz CT molecular complexity index is 1230. The number of para-hydroxylation sites is 1. The summed E-state index contributed by atoms with van der Waals surface area (Å²) in [6, 6.07) is 25.0. The van der Waals surface area contributed by atoms with Crippen molar-refractivity contribution in [3.63, 3.8) is 0 Å². The Hall–Kier alpha value is -3.55. The fourth-order valence-corrected chi connectivity index (χ4v) is 4.85. The van der Waals surface area contributed by atoms with Crippen LogP contribution in [-0.2, 0) is 6.54 Å². The van der Waals surface area contributed by atoms with Crippen molar-refractivity contribution in [2.24, 2.45) is 0 Å². The Morgan fingerprint density at radius 2 is 1.52 bits per heavy atom. The number of thiazole rings is 1. The Morgan fingerprint density at radius 3 is 2.24 bits per heavy atom. The van der Waals surface area contributed by atoms with Gasteiger partial charge in [0.15, 0.2) is 5.13 Å². The summed E-state index contributed by atoms with van der Waals surface area (Å²) < 4.78 is 1.05. The van der Waals surface area contributed by atoms with Crippen LogP contribution in [0.15, 0.2) is 78.9 Å². The number of amides is 2. The average Bonchev–Trinajstić information content (AvgIpc) is 3.27. The number of carbonyl (C=O) groups excluding carboxylic acids is 2. The van der Waals surface area contributed by atoms with Crippen LogP contribution in [0.5, 0.6) is 0 Å². The zero-order chi connectivity index (χ0) is 22.6. The van der Waals surface area contributed by atoms with Crippen LogP contribution >= 0.6 is 11.3 Å². The van der Waals surface area contributed by atoms with E-state index >= 15 is 0 Å². The first-order chi connectivity index (χ1) is 16.2. The highest BCUT2D eigenvalue weighted by atomic mass is 32.1. The van der Waals surface area contributed by atoms with Crippen molar-refractivity contribution in [1.82, 2.24) is 14.8 Å². The number of nitrogens with zero attached hydrogens (tertiary/aromatic N) is 3. The monoisotopic (exact) mass is 456 g/mol. The summed E-state index contributed by atoms with van der Waals surface area (Å²) in [6.45, 7) is 3.90. The van der Waals surface area contributed by atoms with Crippen LogP contribution < -0.4 is 5.32 Å². The first-order valence-electron chi connectivity index (χ1n) is 11.0. The van der Waals surface area contributed by atoms with Crippen molar-refractivity contribution < 1.29 is 9.59 Å². The number of anilines is 1. The minimum absolute atomic E-state index is 0.0961. The normalized spacial score (nSPS) is 14.4. The molecule has 1 aliphatic rings. The van der Waals surface area contributed by atoms with Crippen molar-refractivity contribution >= 4 is 38.5 Å². The van der Waals surface area contributed by atoms with Gasteiger partial charge in [0.2, 0.25) is 0 Å². The molecule has 3 aromatic carbocycles. The maximum Gasteiger partial charge on any atom is 0.257 e. The van der Waals surface area contributed by atoms with Crippen LogP contribution in [0, 0.1) is 0 Å². The number of benzene rings is 3. The van der Waals surface area contributed by atoms with Gasteiger partial charge in [-0.05, 0) is 42.0 Å². The number of carbonyl (C=O) groups is 2. The summed E-state index contributed by atoms with van der Waals surface area (Å²) in [5.41, 5.74) is 3.38. The summed E-state index contributed by atoms with van der Waals surface area (Å²) in [7, 11) is 0. The highest BCUT2D eigenvalue weighted by Gasteiger charge is 2.22. The molecule has 6 nitrogen and oxygen atoms in total. The molecular formula is C26H24N4O2S. The lowest BCUT2D eigenvalue weighted by molar-refractivity contribution is 0.0628. The molecule has 1 aliphatic heterocycles.